The van der Waals surface area contributed by atoms with E-state index in [1.807, 2.05) is 0 Å². The van der Waals surface area contributed by atoms with Crippen molar-refractivity contribution in [2.75, 3.05) is 33.9 Å². The molecule has 4 heteroatoms. The molecule has 19 heavy (non-hydrogen) atoms. The van der Waals surface area contributed by atoms with Gasteiger partial charge in [-0.3, -0.25) is 0 Å². The van der Waals surface area contributed by atoms with Gasteiger partial charge in [-0.25, -0.2) is 0 Å². The molecule has 0 saturated heterocycles. The van der Waals surface area contributed by atoms with Crippen LogP contribution < -0.4 is 5.73 Å². The van der Waals surface area contributed by atoms with Crippen LogP contribution in [-0.4, -0.2) is 56.0 Å². The quantitative estimate of drug-likeness (QED) is 0.734. The van der Waals surface area contributed by atoms with Gasteiger partial charge in [0.25, 0.3) is 0 Å². The number of nitrogens with two attached hydrogens (primary N) is 1. The van der Waals surface area contributed by atoms with Gasteiger partial charge in [0.05, 0.1) is 12.7 Å². The smallest absolute Gasteiger partial charge is 0.0899 e. The third-order valence-corrected chi connectivity index (χ3v) is 4.45. The van der Waals surface area contributed by atoms with E-state index in [4.69, 9.17) is 10.5 Å². The predicted molar refractivity (Wildman–Crippen MR) is 79.0 cm³/mol. The van der Waals surface area contributed by atoms with Crippen molar-refractivity contribution >= 4 is 0 Å². The highest BCUT2D eigenvalue weighted by Crippen LogP contribution is 2.33. The minimum Gasteiger partial charge on any atom is -0.389 e. The fourth-order valence-electron chi connectivity index (χ4n) is 3.22. The van der Waals surface area contributed by atoms with E-state index in [2.05, 4.69) is 25.8 Å². The molecule has 0 bridgehead atoms. The summed E-state index contributed by atoms with van der Waals surface area (Å²) >= 11 is 0. The fourth-order valence-corrected chi connectivity index (χ4v) is 3.22. The molecule has 0 aliphatic heterocycles. The Labute approximate surface area is 118 Å². The molecule has 1 saturated carbocycles. The summed E-state index contributed by atoms with van der Waals surface area (Å²) in [6.07, 6.45) is 3.23. The van der Waals surface area contributed by atoms with Crippen molar-refractivity contribution in [2.24, 2.45) is 23.5 Å². The third-order valence-electron chi connectivity index (χ3n) is 4.45. The van der Waals surface area contributed by atoms with Crippen molar-refractivity contribution in [3.63, 3.8) is 0 Å². The first-order chi connectivity index (χ1) is 8.93. The van der Waals surface area contributed by atoms with E-state index in [1.54, 1.807) is 7.11 Å². The van der Waals surface area contributed by atoms with E-state index >= 15 is 0 Å². The maximum absolute atomic E-state index is 9.76. The van der Waals surface area contributed by atoms with Gasteiger partial charge in [-0.05, 0) is 44.1 Å². The van der Waals surface area contributed by atoms with Crippen molar-refractivity contribution in [1.82, 2.24) is 4.90 Å². The van der Waals surface area contributed by atoms with Crippen LogP contribution in [0.5, 0.6) is 0 Å². The Morgan fingerprint density at radius 3 is 2.63 bits per heavy atom. The number of nitrogens with zero attached hydrogens (tertiary/aromatic N) is 1. The van der Waals surface area contributed by atoms with Crippen LogP contribution in [0.25, 0.3) is 0 Å². The zero-order chi connectivity index (χ0) is 14.4. The first-order valence-electron chi connectivity index (χ1n) is 7.55. The molecule has 4 nitrogen and oxygen atoms in total. The number of hydrogen-bond acceptors (Lipinski definition) is 4. The van der Waals surface area contributed by atoms with Crippen LogP contribution in [0.1, 0.15) is 33.1 Å². The van der Waals surface area contributed by atoms with Gasteiger partial charge in [0, 0.05) is 26.2 Å². The molecule has 0 amide bonds. The summed E-state index contributed by atoms with van der Waals surface area (Å²) in [6, 6.07) is 0.317. The molecule has 0 heterocycles. The lowest BCUT2D eigenvalue weighted by atomic mass is 9.74. The summed E-state index contributed by atoms with van der Waals surface area (Å²) in [7, 11) is 3.68. The average molecular weight is 272 g/mol. The van der Waals surface area contributed by atoms with E-state index in [9.17, 15) is 5.11 Å². The number of aliphatic hydroxyl groups is 1. The molecule has 0 aromatic carbocycles. The zero-order valence-corrected chi connectivity index (χ0v) is 13.0. The Kier molecular flexibility index (Phi) is 7.29. The van der Waals surface area contributed by atoms with Crippen LogP contribution in [0.15, 0.2) is 0 Å². The lowest BCUT2D eigenvalue weighted by Gasteiger charge is -2.38. The van der Waals surface area contributed by atoms with Crippen LogP contribution in [0.3, 0.4) is 0 Å². The summed E-state index contributed by atoms with van der Waals surface area (Å²) in [5.74, 6) is 2.11. The largest absolute Gasteiger partial charge is 0.389 e. The number of ether oxygens (including phenoxy) is 1. The minimum absolute atomic E-state index is 0.317. The van der Waals surface area contributed by atoms with Gasteiger partial charge in [0.2, 0.25) is 0 Å². The van der Waals surface area contributed by atoms with Gasteiger partial charge in [0.1, 0.15) is 0 Å². The predicted octanol–water partition coefficient (Wildman–Crippen LogP) is 1.33. The second-order valence-corrected chi connectivity index (χ2v) is 6.57. The monoisotopic (exact) mass is 272 g/mol. The average Bonchev–Trinajstić information content (AvgIpc) is 2.31. The molecule has 0 radical (unpaired) electrons. The highest BCUT2D eigenvalue weighted by molar-refractivity contribution is 4.85. The van der Waals surface area contributed by atoms with Gasteiger partial charge in [-0.1, -0.05) is 13.8 Å². The standard InChI is InChI=1S/C15H32N2O2/c1-11(2)12-5-6-15(16)13(7-12)8-17(3)9-14(18)10-19-4/h11-15,18H,5-10,16H2,1-4H3. The highest BCUT2D eigenvalue weighted by Gasteiger charge is 2.30. The van der Waals surface area contributed by atoms with E-state index < -0.39 is 6.10 Å². The lowest BCUT2D eigenvalue weighted by molar-refractivity contribution is 0.0359. The van der Waals surface area contributed by atoms with Crippen LogP contribution in [0, 0.1) is 17.8 Å². The minimum atomic E-state index is -0.407. The van der Waals surface area contributed by atoms with Crippen LogP contribution >= 0.6 is 0 Å². The topological polar surface area (TPSA) is 58.7 Å². The Morgan fingerprint density at radius 1 is 1.37 bits per heavy atom. The first kappa shape index (κ1) is 16.9. The number of hydrogen-bond donors (Lipinski definition) is 2. The van der Waals surface area contributed by atoms with Gasteiger partial charge < -0.3 is 20.5 Å². The zero-order valence-electron chi connectivity index (χ0n) is 13.0. The Hall–Kier alpha value is -0.160. The molecule has 1 aliphatic rings. The summed E-state index contributed by atoms with van der Waals surface area (Å²) in [5.41, 5.74) is 6.27. The highest BCUT2D eigenvalue weighted by atomic mass is 16.5. The molecule has 1 fully saturated rings. The van der Waals surface area contributed by atoms with Gasteiger partial charge in [0.15, 0.2) is 0 Å². The number of rotatable bonds is 7. The van der Waals surface area contributed by atoms with Crippen LogP contribution in [0.2, 0.25) is 0 Å². The van der Waals surface area contributed by atoms with E-state index in [1.165, 1.54) is 12.8 Å². The summed E-state index contributed by atoms with van der Waals surface area (Å²) in [4.78, 5) is 2.19. The van der Waals surface area contributed by atoms with Crippen molar-refractivity contribution in [1.29, 1.82) is 0 Å². The maximum atomic E-state index is 9.76. The van der Waals surface area contributed by atoms with Gasteiger partial charge in [-0.2, -0.15) is 0 Å². The Balaban J connectivity index is 2.40. The molecule has 0 aromatic heterocycles. The van der Waals surface area contributed by atoms with Gasteiger partial charge in [-0.15, -0.1) is 0 Å². The summed E-state index contributed by atoms with van der Waals surface area (Å²) in [5, 5.41) is 9.76. The molecule has 3 N–H and O–H groups in total. The third kappa shape index (κ3) is 5.78. The summed E-state index contributed by atoms with van der Waals surface area (Å²) < 4.78 is 4.96. The first-order valence-corrected chi connectivity index (χ1v) is 7.55. The molecule has 1 rings (SSSR count). The number of aliphatic hydroxyl groups excluding tert-OH is 1. The Bertz CT molecular complexity index is 248. The second-order valence-electron chi connectivity index (χ2n) is 6.57. The molecule has 114 valence electrons. The molecular weight excluding hydrogens is 240 g/mol. The molecule has 4 atom stereocenters. The van der Waals surface area contributed by atoms with Crippen molar-refractivity contribution in [3.05, 3.63) is 0 Å². The number of likely N-dealkylation sites (N-methyl/N-ethyl adjacent to an activating group) is 1. The molecule has 0 aromatic rings. The van der Waals surface area contributed by atoms with E-state index in [-0.39, 0.29) is 0 Å². The number of methoxy groups -OCH3 is 1. The molecular formula is C15H32N2O2. The SMILES string of the molecule is COCC(O)CN(C)CC1CC(C(C)C)CCC1N. The van der Waals surface area contributed by atoms with Crippen LogP contribution in [-0.2, 0) is 4.74 Å². The molecule has 1 aliphatic carbocycles. The maximum Gasteiger partial charge on any atom is 0.0899 e. The summed E-state index contributed by atoms with van der Waals surface area (Å²) in [6.45, 7) is 6.65. The van der Waals surface area contributed by atoms with Gasteiger partial charge >= 0.3 is 0 Å². The second kappa shape index (κ2) is 8.20. The van der Waals surface area contributed by atoms with Crippen molar-refractivity contribution in [3.8, 4) is 0 Å². The Morgan fingerprint density at radius 2 is 2.05 bits per heavy atom. The lowest BCUT2D eigenvalue weighted by Crippen LogP contribution is -2.44. The normalized spacial score (nSPS) is 30.0. The molecule has 4 unspecified atom stereocenters. The molecule has 0 spiro atoms. The van der Waals surface area contributed by atoms with E-state index in [0.29, 0.717) is 25.1 Å². The van der Waals surface area contributed by atoms with Crippen LogP contribution in [0.4, 0.5) is 0 Å². The van der Waals surface area contributed by atoms with Crippen molar-refractivity contribution in [2.45, 2.75) is 45.3 Å². The van der Waals surface area contributed by atoms with Crippen molar-refractivity contribution < 1.29 is 9.84 Å². The van der Waals surface area contributed by atoms with E-state index in [0.717, 1.165) is 24.8 Å². The fraction of sp³-hybridized carbons (Fsp3) is 1.00.